The van der Waals surface area contributed by atoms with E-state index in [0.29, 0.717) is 6.61 Å². The Bertz CT molecular complexity index is 707. The van der Waals surface area contributed by atoms with Gasteiger partial charge >= 0.3 is 11.9 Å². The molecule has 0 fully saturated rings. The Morgan fingerprint density at radius 3 is 2.23 bits per heavy atom. The fourth-order valence-corrected chi connectivity index (χ4v) is 2.30. The highest BCUT2D eigenvalue weighted by Gasteiger charge is 2.19. The van der Waals surface area contributed by atoms with Crippen LogP contribution in [0.15, 0.2) is 54.6 Å². The molecule has 0 aromatic heterocycles. The third kappa shape index (κ3) is 6.45. The highest BCUT2D eigenvalue weighted by Crippen LogP contribution is 2.30. The van der Waals surface area contributed by atoms with E-state index in [9.17, 15) is 0 Å². The zero-order valence-electron chi connectivity index (χ0n) is 14.1. The molecular formula is C19H21NO6. The molecule has 0 saturated heterocycles. The molecule has 3 rings (SSSR count). The molecule has 2 aromatic rings. The van der Waals surface area contributed by atoms with E-state index in [1.807, 2.05) is 30.3 Å². The second-order valence-electron chi connectivity index (χ2n) is 5.55. The van der Waals surface area contributed by atoms with Gasteiger partial charge in [-0.2, -0.15) is 0 Å². The van der Waals surface area contributed by atoms with Gasteiger partial charge in [0.25, 0.3) is 0 Å². The van der Waals surface area contributed by atoms with Crippen molar-refractivity contribution in [1.82, 2.24) is 5.32 Å². The lowest BCUT2D eigenvalue weighted by molar-refractivity contribution is -0.159. The van der Waals surface area contributed by atoms with Gasteiger partial charge in [0.05, 0.1) is 0 Å². The standard InChI is InChI=1S/C17H19NO2.C2H2O4/c1-2-6-14(7-3-1)10-11-18-12-15-13-19-16-8-4-5-9-17(16)20-15;3-1(4)2(5)6/h1-9,15,18H,10-13H2;(H,3,4)(H,5,6). The lowest BCUT2D eigenvalue weighted by Gasteiger charge is -2.26. The predicted octanol–water partition coefficient (Wildman–Crippen LogP) is 1.81. The van der Waals surface area contributed by atoms with Gasteiger partial charge in [0.15, 0.2) is 11.5 Å². The lowest BCUT2D eigenvalue weighted by atomic mass is 10.1. The number of benzene rings is 2. The van der Waals surface area contributed by atoms with Crippen LogP contribution in [-0.4, -0.2) is 48.0 Å². The van der Waals surface area contributed by atoms with Crippen molar-refractivity contribution in [1.29, 1.82) is 0 Å². The minimum absolute atomic E-state index is 0.0840. The first-order chi connectivity index (χ1) is 12.6. The predicted molar refractivity (Wildman–Crippen MR) is 94.6 cm³/mol. The van der Waals surface area contributed by atoms with E-state index in [0.717, 1.165) is 31.0 Å². The van der Waals surface area contributed by atoms with Crippen molar-refractivity contribution in [3.8, 4) is 11.5 Å². The first-order valence-corrected chi connectivity index (χ1v) is 8.15. The average Bonchev–Trinajstić information content (AvgIpc) is 2.66. The number of carboxylic acid groups (broad SMARTS) is 2. The maximum atomic E-state index is 9.10. The van der Waals surface area contributed by atoms with Gasteiger partial charge in [-0.25, -0.2) is 9.59 Å². The van der Waals surface area contributed by atoms with Gasteiger partial charge in [-0.3, -0.25) is 0 Å². The van der Waals surface area contributed by atoms with Crippen LogP contribution < -0.4 is 14.8 Å². The minimum atomic E-state index is -1.82. The van der Waals surface area contributed by atoms with Gasteiger partial charge in [0.1, 0.15) is 12.7 Å². The summed E-state index contributed by atoms with van der Waals surface area (Å²) >= 11 is 0. The van der Waals surface area contributed by atoms with Crippen molar-refractivity contribution < 1.29 is 29.3 Å². The van der Waals surface area contributed by atoms with E-state index in [-0.39, 0.29) is 6.10 Å². The zero-order valence-corrected chi connectivity index (χ0v) is 14.1. The fourth-order valence-electron chi connectivity index (χ4n) is 2.30. The highest BCUT2D eigenvalue weighted by atomic mass is 16.6. The van der Waals surface area contributed by atoms with Crippen molar-refractivity contribution in [2.45, 2.75) is 12.5 Å². The number of fused-ring (bicyclic) bond motifs is 1. The second-order valence-corrected chi connectivity index (χ2v) is 5.55. The monoisotopic (exact) mass is 359 g/mol. The van der Waals surface area contributed by atoms with Gasteiger partial charge in [-0.15, -0.1) is 0 Å². The Balaban J connectivity index is 0.000000352. The number of para-hydroxylation sites is 2. The Kier molecular flexibility index (Phi) is 7.45. The molecule has 1 heterocycles. The molecule has 7 nitrogen and oxygen atoms in total. The maximum Gasteiger partial charge on any atom is 0.414 e. The highest BCUT2D eigenvalue weighted by molar-refractivity contribution is 6.27. The number of hydrogen-bond donors (Lipinski definition) is 3. The van der Waals surface area contributed by atoms with Gasteiger partial charge in [0.2, 0.25) is 0 Å². The van der Waals surface area contributed by atoms with Crippen LogP contribution in [0.4, 0.5) is 0 Å². The molecule has 138 valence electrons. The maximum absolute atomic E-state index is 9.10. The van der Waals surface area contributed by atoms with E-state index in [1.54, 1.807) is 0 Å². The molecule has 7 heteroatoms. The van der Waals surface area contributed by atoms with Crippen LogP contribution >= 0.6 is 0 Å². The van der Waals surface area contributed by atoms with Crippen molar-refractivity contribution >= 4 is 11.9 Å². The molecule has 1 aliphatic heterocycles. The van der Waals surface area contributed by atoms with Crippen LogP contribution in [0.5, 0.6) is 11.5 Å². The summed E-state index contributed by atoms with van der Waals surface area (Å²) in [6.45, 7) is 2.36. The summed E-state index contributed by atoms with van der Waals surface area (Å²) in [7, 11) is 0. The summed E-state index contributed by atoms with van der Waals surface area (Å²) in [5.41, 5.74) is 1.35. The number of hydrogen-bond acceptors (Lipinski definition) is 5. The van der Waals surface area contributed by atoms with Gasteiger partial charge in [-0.05, 0) is 30.7 Å². The van der Waals surface area contributed by atoms with Gasteiger partial charge in [0, 0.05) is 6.54 Å². The number of rotatable bonds is 5. The minimum Gasteiger partial charge on any atom is -0.486 e. The van der Waals surface area contributed by atoms with Crippen molar-refractivity contribution in [3.63, 3.8) is 0 Å². The average molecular weight is 359 g/mol. The molecule has 0 saturated carbocycles. The molecule has 0 radical (unpaired) electrons. The Hall–Kier alpha value is -3.06. The zero-order chi connectivity index (χ0) is 18.8. The molecule has 2 aromatic carbocycles. The van der Waals surface area contributed by atoms with Gasteiger partial charge in [-0.1, -0.05) is 42.5 Å². The van der Waals surface area contributed by atoms with Crippen LogP contribution in [0.1, 0.15) is 5.56 Å². The number of carbonyl (C=O) groups is 2. The topological polar surface area (TPSA) is 105 Å². The molecule has 0 bridgehead atoms. The Morgan fingerprint density at radius 2 is 1.58 bits per heavy atom. The molecule has 1 aliphatic rings. The van der Waals surface area contributed by atoms with E-state index in [4.69, 9.17) is 29.3 Å². The molecule has 0 amide bonds. The Labute approximate surface area is 151 Å². The quantitative estimate of drug-likeness (QED) is 0.552. The molecule has 1 atom stereocenters. The molecule has 26 heavy (non-hydrogen) atoms. The number of ether oxygens (including phenoxy) is 2. The van der Waals surface area contributed by atoms with Gasteiger partial charge < -0.3 is 25.0 Å². The normalized spacial score (nSPS) is 14.7. The third-order valence-electron chi connectivity index (χ3n) is 3.56. The first kappa shape index (κ1) is 19.3. The number of carboxylic acids is 2. The SMILES string of the molecule is O=C(O)C(=O)O.c1ccc(CCNCC2COc3ccccc3O2)cc1. The van der Waals surface area contributed by atoms with Crippen LogP contribution in [0.2, 0.25) is 0 Å². The van der Waals surface area contributed by atoms with Crippen LogP contribution in [0, 0.1) is 0 Å². The van der Waals surface area contributed by atoms with E-state index >= 15 is 0 Å². The fraction of sp³-hybridized carbons (Fsp3) is 0.263. The lowest BCUT2D eigenvalue weighted by Crippen LogP contribution is -2.39. The molecule has 1 unspecified atom stereocenters. The molecular weight excluding hydrogens is 338 g/mol. The Morgan fingerprint density at radius 1 is 0.962 bits per heavy atom. The van der Waals surface area contributed by atoms with E-state index < -0.39 is 11.9 Å². The third-order valence-corrected chi connectivity index (χ3v) is 3.56. The molecule has 3 N–H and O–H groups in total. The number of aliphatic carboxylic acids is 2. The first-order valence-electron chi connectivity index (χ1n) is 8.15. The summed E-state index contributed by atoms with van der Waals surface area (Å²) in [6, 6.07) is 18.3. The molecule has 0 aliphatic carbocycles. The number of nitrogens with one attached hydrogen (secondary N) is 1. The molecule has 0 spiro atoms. The van der Waals surface area contributed by atoms with Crippen molar-refractivity contribution in [2.75, 3.05) is 19.7 Å². The van der Waals surface area contributed by atoms with Crippen LogP contribution in [-0.2, 0) is 16.0 Å². The summed E-state index contributed by atoms with van der Waals surface area (Å²) in [5.74, 6) is -1.97. The summed E-state index contributed by atoms with van der Waals surface area (Å²) < 4.78 is 11.6. The smallest absolute Gasteiger partial charge is 0.414 e. The summed E-state index contributed by atoms with van der Waals surface area (Å²) in [5, 5.41) is 18.2. The summed E-state index contributed by atoms with van der Waals surface area (Å²) in [6.07, 6.45) is 1.12. The van der Waals surface area contributed by atoms with Crippen molar-refractivity contribution in [2.24, 2.45) is 0 Å². The largest absolute Gasteiger partial charge is 0.486 e. The second kappa shape index (κ2) is 10.0. The van der Waals surface area contributed by atoms with Crippen molar-refractivity contribution in [3.05, 3.63) is 60.2 Å². The summed E-state index contributed by atoms with van der Waals surface area (Å²) in [4.78, 5) is 18.2. The van der Waals surface area contributed by atoms with E-state index in [1.165, 1.54) is 5.56 Å². The van der Waals surface area contributed by atoms with Crippen LogP contribution in [0.25, 0.3) is 0 Å². The van der Waals surface area contributed by atoms with E-state index in [2.05, 4.69) is 29.6 Å². The van der Waals surface area contributed by atoms with Crippen LogP contribution in [0.3, 0.4) is 0 Å².